The van der Waals surface area contributed by atoms with E-state index < -0.39 is 0 Å². The first-order valence-electron chi connectivity index (χ1n) is 10.2. The van der Waals surface area contributed by atoms with Gasteiger partial charge >= 0.3 is 0 Å². The van der Waals surface area contributed by atoms with Crippen LogP contribution < -0.4 is 4.74 Å². The van der Waals surface area contributed by atoms with Gasteiger partial charge in [-0.05, 0) is 67.2 Å². The third-order valence-electron chi connectivity index (χ3n) is 4.86. The molecule has 0 aliphatic carbocycles. The Morgan fingerprint density at radius 3 is 2.58 bits per heavy atom. The fourth-order valence-corrected chi connectivity index (χ4v) is 4.68. The van der Waals surface area contributed by atoms with Crippen LogP contribution in [0, 0.1) is 5.82 Å². The Kier molecular flexibility index (Phi) is 7.38. The van der Waals surface area contributed by atoms with Crippen molar-refractivity contribution in [3.05, 3.63) is 98.6 Å². The lowest BCUT2D eigenvalue weighted by Crippen LogP contribution is -2.28. The molecule has 0 atom stereocenters. The number of halogens is 3. The Morgan fingerprint density at radius 2 is 1.85 bits per heavy atom. The van der Waals surface area contributed by atoms with Crippen LogP contribution in [0.1, 0.15) is 18.1 Å². The molecule has 4 rings (SSSR count). The molecule has 0 unspecified atom stereocenters. The van der Waals surface area contributed by atoms with Crippen molar-refractivity contribution >= 4 is 57.8 Å². The zero-order chi connectivity index (χ0) is 23.4. The second-order valence-electron chi connectivity index (χ2n) is 7.09. The van der Waals surface area contributed by atoms with E-state index in [2.05, 4.69) is 4.99 Å². The van der Waals surface area contributed by atoms with E-state index in [0.717, 1.165) is 11.1 Å². The Labute approximate surface area is 205 Å². The van der Waals surface area contributed by atoms with Gasteiger partial charge in [0.1, 0.15) is 18.2 Å². The molecule has 1 saturated heterocycles. The van der Waals surface area contributed by atoms with Gasteiger partial charge in [0.25, 0.3) is 5.91 Å². The number of thioether (sulfide) groups is 1. The molecule has 168 valence electrons. The molecular formula is C25H19Cl2FN2O2S. The summed E-state index contributed by atoms with van der Waals surface area (Å²) >= 11 is 13.5. The van der Waals surface area contributed by atoms with Crippen LogP contribution in [0.15, 0.2) is 76.6 Å². The quantitative estimate of drug-likeness (QED) is 0.332. The van der Waals surface area contributed by atoms with Crippen LogP contribution in [-0.4, -0.2) is 22.5 Å². The van der Waals surface area contributed by atoms with E-state index in [4.69, 9.17) is 27.9 Å². The standard InChI is InChI=1S/C25H19Cl2FN2O2S/c1-2-30-24(31)23(33-25(30)29-20-11-9-19(28)10-12-20)13-16-5-3-4-6-22(16)32-15-17-7-8-18(26)14-21(17)27/h3-14H,2,15H2,1H3/b23-13+,29-25?. The fraction of sp³-hybridized carbons (Fsp3) is 0.120. The molecule has 33 heavy (non-hydrogen) atoms. The molecule has 1 aliphatic heterocycles. The first-order chi connectivity index (χ1) is 15.9. The molecule has 1 heterocycles. The second kappa shape index (κ2) is 10.4. The highest BCUT2D eigenvalue weighted by molar-refractivity contribution is 8.18. The fourth-order valence-electron chi connectivity index (χ4n) is 3.16. The van der Waals surface area contributed by atoms with Crippen LogP contribution >= 0.6 is 35.0 Å². The summed E-state index contributed by atoms with van der Waals surface area (Å²) < 4.78 is 19.2. The van der Waals surface area contributed by atoms with Crippen LogP contribution in [0.2, 0.25) is 10.0 Å². The number of aliphatic imine (C=N–C) groups is 1. The summed E-state index contributed by atoms with van der Waals surface area (Å²) in [5.74, 6) is 0.147. The monoisotopic (exact) mass is 500 g/mol. The molecule has 8 heteroatoms. The highest BCUT2D eigenvalue weighted by Crippen LogP contribution is 2.35. The van der Waals surface area contributed by atoms with Gasteiger partial charge in [0.15, 0.2) is 5.17 Å². The smallest absolute Gasteiger partial charge is 0.266 e. The maximum Gasteiger partial charge on any atom is 0.266 e. The minimum atomic E-state index is -0.335. The van der Waals surface area contributed by atoms with Gasteiger partial charge in [0, 0.05) is 27.7 Å². The van der Waals surface area contributed by atoms with Gasteiger partial charge in [-0.2, -0.15) is 0 Å². The molecule has 0 saturated carbocycles. The molecule has 1 aliphatic rings. The number of likely N-dealkylation sites (N-methyl/N-ethyl adjacent to an activating group) is 1. The van der Waals surface area contributed by atoms with Crippen LogP contribution in [0.25, 0.3) is 6.08 Å². The number of carbonyl (C=O) groups is 1. The number of para-hydroxylation sites is 1. The molecule has 0 aromatic heterocycles. The van der Waals surface area contributed by atoms with E-state index in [1.54, 1.807) is 35.2 Å². The van der Waals surface area contributed by atoms with Crippen LogP contribution in [-0.2, 0) is 11.4 Å². The lowest BCUT2D eigenvalue weighted by molar-refractivity contribution is -0.122. The molecule has 1 fully saturated rings. The molecule has 0 spiro atoms. The summed E-state index contributed by atoms with van der Waals surface area (Å²) in [6.07, 6.45) is 1.79. The Morgan fingerprint density at radius 1 is 1.09 bits per heavy atom. The molecule has 0 radical (unpaired) electrons. The maximum absolute atomic E-state index is 13.2. The van der Waals surface area contributed by atoms with Gasteiger partial charge in [-0.25, -0.2) is 9.38 Å². The normalized spacial score (nSPS) is 16.1. The van der Waals surface area contributed by atoms with Crippen molar-refractivity contribution in [3.8, 4) is 5.75 Å². The largest absolute Gasteiger partial charge is 0.488 e. The molecule has 4 nitrogen and oxygen atoms in total. The highest BCUT2D eigenvalue weighted by atomic mass is 35.5. The maximum atomic E-state index is 13.2. The van der Waals surface area contributed by atoms with Crippen LogP contribution in [0.4, 0.5) is 10.1 Å². The van der Waals surface area contributed by atoms with Crippen LogP contribution in [0.5, 0.6) is 5.75 Å². The Hall–Kier alpha value is -2.80. The van der Waals surface area contributed by atoms with E-state index >= 15 is 0 Å². The van der Waals surface area contributed by atoms with Crippen molar-refractivity contribution in [1.29, 1.82) is 0 Å². The number of amidine groups is 1. The van der Waals surface area contributed by atoms with Gasteiger partial charge in [-0.1, -0.05) is 47.5 Å². The third-order valence-corrected chi connectivity index (χ3v) is 6.45. The predicted octanol–water partition coefficient (Wildman–Crippen LogP) is 7.34. The van der Waals surface area contributed by atoms with E-state index in [9.17, 15) is 9.18 Å². The number of hydrogen-bond donors (Lipinski definition) is 0. The van der Waals surface area contributed by atoms with Gasteiger partial charge in [0.2, 0.25) is 0 Å². The Balaban J connectivity index is 1.58. The zero-order valence-electron chi connectivity index (χ0n) is 17.6. The summed E-state index contributed by atoms with van der Waals surface area (Å²) in [4.78, 5) is 19.6. The minimum Gasteiger partial charge on any atom is -0.488 e. The van der Waals surface area contributed by atoms with E-state index in [-0.39, 0.29) is 18.3 Å². The summed E-state index contributed by atoms with van der Waals surface area (Å²) in [6, 6.07) is 18.6. The highest BCUT2D eigenvalue weighted by Gasteiger charge is 2.32. The third kappa shape index (κ3) is 5.58. The van der Waals surface area contributed by atoms with Crippen molar-refractivity contribution in [2.24, 2.45) is 4.99 Å². The van der Waals surface area contributed by atoms with Gasteiger partial charge in [-0.3, -0.25) is 9.69 Å². The number of carbonyl (C=O) groups excluding carboxylic acids is 1. The lowest BCUT2D eigenvalue weighted by atomic mass is 10.1. The molecule has 3 aromatic rings. The number of amides is 1. The summed E-state index contributed by atoms with van der Waals surface area (Å²) in [6.45, 7) is 2.61. The number of rotatable bonds is 6. The van der Waals surface area contributed by atoms with Crippen molar-refractivity contribution in [3.63, 3.8) is 0 Å². The number of ether oxygens (including phenoxy) is 1. The van der Waals surface area contributed by atoms with Crippen molar-refractivity contribution in [1.82, 2.24) is 4.90 Å². The summed E-state index contributed by atoms with van der Waals surface area (Å²) in [5, 5.41) is 1.64. The average Bonchev–Trinajstić information content (AvgIpc) is 3.09. The Bertz CT molecular complexity index is 1250. The van der Waals surface area contributed by atoms with Gasteiger partial charge in [0.05, 0.1) is 10.6 Å². The SMILES string of the molecule is CCN1C(=O)/C(=C\c2ccccc2OCc2ccc(Cl)cc2Cl)SC1=Nc1ccc(F)cc1. The van der Waals surface area contributed by atoms with Crippen molar-refractivity contribution in [2.75, 3.05) is 6.54 Å². The number of hydrogen-bond acceptors (Lipinski definition) is 4. The zero-order valence-corrected chi connectivity index (χ0v) is 19.9. The van der Waals surface area contributed by atoms with E-state index in [1.165, 1.54) is 23.9 Å². The number of benzene rings is 3. The van der Waals surface area contributed by atoms with E-state index in [1.807, 2.05) is 37.3 Å². The van der Waals surface area contributed by atoms with Gasteiger partial charge < -0.3 is 4.74 Å². The summed E-state index contributed by atoms with van der Waals surface area (Å²) in [5.41, 5.74) is 2.15. The predicted molar refractivity (Wildman–Crippen MR) is 134 cm³/mol. The minimum absolute atomic E-state index is 0.140. The second-order valence-corrected chi connectivity index (χ2v) is 8.95. The van der Waals surface area contributed by atoms with Crippen molar-refractivity contribution < 1.29 is 13.9 Å². The van der Waals surface area contributed by atoms with Crippen molar-refractivity contribution in [2.45, 2.75) is 13.5 Å². The molecule has 0 N–H and O–H groups in total. The lowest BCUT2D eigenvalue weighted by Gasteiger charge is -2.12. The molecule has 3 aromatic carbocycles. The van der Waals surface area contributed by atoms with Gasteiger partial charge in [-0.15, -0.1) is 0 Å². The van der Waals surface area contributed by atoms with E-state index in [0.29, 0.717) is 38.1 Å². The molecule has 0 bridgehead atoms. The topological polar surface area (TPSA) is 41.9 Å². The molecular weight excluding hydrogens is 482 g/mol. The first kappa shape index (κ1) is 23.4. The molecule has 1 amide bonds. The number of nitrogens with zero attached hydrogens (tertiary/aromatic N) is 2. The summed E-state index contributed by atoms with van der Waals surface area (Å²) in [7, 11) is 0. The van der Waals surface area contributed by atoms with Crippen LogP contribution in [0.3, 0.4) is 0 Å². The average molecular weight is 501 g/mol. The first-order valence-corrected chi connectivity index (χ1v) is 11.7.